The second-order valence-electron chi connectivity index (χ2n) is 6.01. The number of amides is 1. The van der Waals surface area contributed by atoms with Gasteiger partial charge < -0.3 is 21.1 Å². The number of sulfone groups is 1. The van der Waals surface area contributed by atoms with Crippen molar-refractivity contribution in [1.82, 2.24) is 10.6 Å². The van der Waals surface area contributed by atoms with Crippen LogP contribution in [0.4, 0.5) is 18.9 Å². The van der Waals surface area contributed by atoms with Gasteiger partial charge in [-0.3, -0.25) is 4.79 Å². The highest BCUT2D eigenvalue weighted by atomic mass is 32.2. The molecule has 26 heavy (non-hydrogen) atoms. The zero-order valence-corrected chi connectivity index (χ0v) is 14.5. The molecule has 0 radical (unpaired) electrons. The van der Waals surface area contributed by atoms with E-state index in [0.29, 0.717) is 13.1 Å². The Morgan fingerprint density at radius 2 is 1.96 bits per heavy atom. The maximum Gasteiger partial charge on any atom is 0.416 e. The first kappa shape index (κ1) is 20.6. The third kappa shape index (κ3) is 6.24. The van der Waals surface area contributed by atoms with Crippen LogP contribution in [0.3, 0.4) is 0 Å². The molecule has 1 saturated heterocycles. The van der Waals surface area contributed by atoms with E-state index in [0.717, 1.165) is 12.1 Å². The van der Waals surface area contributed by atoms with Gasteiger partial charge in [0.05, 0.1) is 29.7 Å². The second-order valence-corrected chi connectivity index (χ2v) is 8.16. The van der Waals surface area contributed by atoms with Gasteiger partial charge in [-0.2, -0.15) is 13.2 Å². The fourth-order valence-corrected chi connectivity index (χ4v) is 4.33. The van der Waals surface area contributed by atoms with Gasteiger partial charge in [0.1, 0.15) is 0 Å². The Hall–Kier alpha value is -1.69. The van der Waals surface area contributed by atoms with Crippen LogP contribution in [0.25, 0.3) is 0 Å². The molecule has 0 bridgehead atoms. The predicted octanol–water partition coefficient (Wildman–Crippen LogP) is -0.0190. The van der Waals surface area contributed by atoms with Crippen molar-refractivity contribution in [2.45, 2.75) is 18.3 Å². The molecular weight excluding hydrogens is 375 g/mol. The Morgan fingerprint density at radius 1 is 1.23 bits per heavy atom. The van der Waals surface area contributed by atoms with Crippen molar-refractivity contribution in [3.05, 3.63) is 29.8 Å². The third-order valence-electron chi connectivity index (χ3n) is 3.79. The van der Waals surface area contributed by atoms with Gasteiger partial charge in [0, 0.05) is 24.8 Å². The Morgan fingerprint density at radius 3 is 2.58 bits per heavy atom. The van der Waals surface area contributed by atoms with E-state index in [2.05, 4.69) is 16.0 Å². The summed E-state index contributed by atoms with van der Waals surface area (Å²) in [6.45, 7) is 0.525. The number of hydrogen-bond acceptors (Lipinski definition) is 6. The summed E-state index contributed by atoms with van der Waals surface area (Å²) in [5.74, 6) is -0.908. The van der Waals surface area contributed by atoms with Gasteiger partial charge in [0.2, 0.25) is 5.91 Å². The fourth-order valence-electron chi connectivity index (χ4n) is 2.55. The maximum absolute atomic E-state index is 12.6. The standard InChI is InChI=1S/C15H20F3N3O4S/c16-15(17,18)10-2-1-3-11(6-10)21-14(23)7-19-4-5-20-12-8-26(24,25)9-13(12)22/h1-3,6,12-13,19-20,22H,4-5,7-9H2,(H,21,23). The molecule has 1 amide bonds. The van der Waals surface area contributed by atoms with Crippen LogP contribution in [0.2, 0.25) is 0 Å². The van der Waals surface area contributed by atoms with Crippen LogP contribution in [0, 0.1) is 0 Å². The topological polar surface area (TPSA) is 108 Å². The van der Waals surface area contributed by atoms with Crippen LogP contribution in [0.1, 0.15) is 5.56 Å². The van der Waals surface area contributed by atoms with Gasteiger partial charge in [-0.25, -0.2) is 8.42 Å². The number of rotatable bonds is 7. The lowest BCUT2D eigenvalue weighted by Crippen LogP contribution is -2.43. The van der Waals surface area contributed by atoms with E-state index < -0.39 is 39.6 Å². The first-order valence-electron chi connectivity index (χ1n) is 7.86. The van der Waals surface area contributed by atoms with Gasteiger partial charge in [-0.15, -0.1) is 0 Å². The zero-order valence-electron chi connectivity index (χ0n) is 13.7. The molecule has 1 aromatic carbocycles. The number of halogens is 3. The Labute approximate surface area is 148 Å². The molecule has 0 aromatic heterocycles. The summed E-state index contributed by atoms with van der Waals surface area (Å²) in [5, 5.41) is 17.6. The molecular formula is C15H20F3N3O4S. The van der Waals surface area contributed by atoms with E-state index in [9.17, 15) is 31.5 Å². The first-order valence-corrected chi connectivity index (χ1v) is 9.69. The number of anilines is 1. The van der Waals surface area contributed by atoms with Crippen molar-refractivity contribution in [2.24, 2.45) is 0 Å². The minimum atomic E-state index is -4.48. The van der Waals surface area contributed by atoms with E-state index >= 15 is 0 Å². The molecule has 1 fully saturated rings. The largest absolute Gasteiger partial charge is 0.416 e. The number of carbonyl (C=O) groups is 1. The molecule has 1 aromatic rings. The molecule has 146 valence electrons. The Balaban J connectivity index is 1.68. The number of nitrogens with one attached hydrogen (secondary N) is 3. The lowest BCUT2D eigenvalue weighted by atomic mass is 10.2. The normalized spacial score (nSPS) is 22.3. The minimum absolute atomic E-state index is 0.0454. The van der Waals surface area contributed by atoms with Gasteiger partial charge in [-0.05, 0) is 18.2 Å². The zero-order chi connectivity index (χ0) is 19.4. The Kier molecular flexibility index (Phi) is 6.61. The average molecular weight is 395 g/mol. The molecule has 1 aliphatic heterocycles. The summed E-state index contributed by atoms with van der Waals surface area (Å²) in [6, 6.07) is 3.78. The molecule has 2 atom stereocenters. The number of aliphatic hydroxyl groups is 1. The molecule has 11 heteroatoms. The molecule has 2 rings (SSSR count). The van der Waals surface area contributed by atoms with Crippen molar-refractivity contribution in [2.75, 3.05) is 36.5 Å². The fraction of sp³-hybridized carbons (Fsp3) is 0.533. The number of benzene rings is 1. The average Bonchev–Trinajstić information content (AvgIpc) is 2.78. The maximum atomic E-state index is 12.6. The van der Waals surface area contributed by atoms with Crippen LogP contribution in [-0.2, 0) is 20.8 Å². The highest BCUT2D eigenvalue weighted by Gasteiger charge is 2.35. The molecule has 0 aliphatic carbocycles. The predicted molar refractivity (Wildman–Crippen MR) is 89.4 cm³/mol. The van der Waals surface area contributed by atoms with Gasteiger partial charge in [0.15, 0.2) is 9.84 Å². The molecule has 2 unspecified atom stereocenters. The minimum Gasteiger partial charge on any atom is -0.390 e. The van der Waals surface area contributed by atoms with Crippen LogP contribution in [-0.4, -0.2) is 62.7 Å². The monoisotopic (exact) mass is 395 g/mol. The van der Waals surface area contributed by atoms with Crippen LogP contribution < -0.4 is 16.0 Å². The van der Waals surface area contributed by atoms with E-state index in [-0.39, 0.29) is 23.7 Å². The van der Waals surface area contributed by atoms with Crippen molar-refractivity contribution in [3.63, 3.8) is 0 Å². The number of hydrogen-bond donors (Lipinski definition) is 4. The number of aliphatic hydroxyl groups excluding tert-OH is 1. The molecule has 1 heterocycles. The van der Waals surface area contributed by atoms with Crippen molar-refractivity contribution in [3.8, 4) is 0 Å². The van der Waals surface area contributed by atoms with Crippen LogP contribution in [0.15, 0.2) is 24.3 Å². The summed E-state index contributed by atoms with van der Waals surface area (Å²) >= 11 is 0. The summed E-state index contributed by atoms with van der Waals surface area (Å²) in [4.78, 5) is 11.7. The highest BCUT2D eigenvalue weighted by Crippen LogP contribution is 2.30. The molecule has 4 N–H and O–H groups in total. The second kappa shape index (κ2) is 8.33. The van der Waals surface area contributed by atoms with E-state index in [1.54, 1.807) is 0 Å². The van der Waals surface area contributed by atoms with Gasteiger partial charge in [-0.1, -0.05) is 6.07 Å². The smallest absolute Gasteiger partial charge is 0.390 e. The lowest BCUT2D eigenvalue weighted by molar-refractivity contribution is -0.137. The summed E-state index contributed by atoms with van der Waals surface area (Å²) in [7, 11) is -3.23. The van der Waals surface area contributed by atoms with Gasteiger partial charge >= 0.3 is 6.18 Å². The molecule has 7 nitrogen and oxygen atoms in total. The van der Waals surface area contributed by atoms with E-state index in [4.69, 9.17) is 0 Å². The Bertz CT molecular complexity index is 740. The molecule has 0 spiro atoms. The SMILES string of the molecule is O=C(CNCCNC1CS(=O)(=O)CC1O)Nc1cccc(C(F)(F)F)c1. The van der Waals surface area contributed by atoms with Crippen molar-refractivity contribution >= 4 is 21.4 Å². The summed E-state index contributed by atoms with van der Waals surface area (Å²) < 4.78 is 60.5. The number of alkyl halides is 3. The molecule has 1 aliphatic rings. The number of carbonyl (C=O) groups excluding carboxylic acids is 1. The van der Waals surface area contributed by atoms with Crippen LogP contribution >= 0.6 is 0 Å². The molecule has 0 saturated carbocycles. The van der Waals surface area contributed by atoms with E-state index in [1.165, 1.54) is 12.1 Å². The van der Waals surface area contributed by atoms with Crippen molar-refractivity contribution in [1.29, 1.82) is 0 Å². The van der Waals surface area contributed by atoms with Crippen LogP contribution in [0.5, 0.6) is 0 Å². The van der Waals surface area contributed by atoms with Crippen molar-refractivity contribution < 1.29 is 31.5 Å². The first-order chi connectivity index (χ1) is 12.1. The summed E-state index contributed by atoms with van der Waals surface area (Å²) in [6.07, 6.45) is -5.44. The van der Waals surface area contributed by atoms with Gasteiger partial charge in [0.25, 0.3) is 0 Å². The van der Waals surface area contributed by atoms with E-state index in [1.807, 2.05) is 0 Å². The third-order valence-corrected chi connectivity index (χ3v) is 5.51. The highest BCUT2D eigenvalue weighted by molar-refractivity contribution is 7.91. The quantitative estimate of drug-likeness (QED) is 0.484. The lowest BCUT2D eigenvalue weighted by Gasteiger charge is -2.15. The summed E-state index contributed by atoms with van der Waals surface area (Å²) in [5.41, 5.74) is -0.804.